The first kappa shape index (κ1) is 17.5. The fraction of sp³-hybridized carbons (Fsp3) is 0.556. The van der Waals surface area contributed by atoms with Gasteiger partial charge in [0.2, 0.25) is 6.29 Å². The molecule has 0 amide bonds. The van der Waals surface area contributed by atoms with Gasteiger partial charge in [0.05, 0.1) is 6.61 Å². The third kappa shape index (κ3) is 9.07. The van der Waals surface area contributed by atoms with E-state index in [1.165, 1.54) is 13.8 Å². The molecule has 0 aliphatic heterocycles. The number of hydrogen-bond donors (Lipinski definition) is 0. The maximum absolute atomic E-state index is 10.9. The minimum absolute atomic E-state index is 0. The molecular formula is C9H15KO5. The third-order valence-corrected chi connectivity index (χ3v) is 1.15. The number of esters is 1. The van der Waals surface area contributed by atoms with Gasteiger partial charge in [0.1, 0.15) is 0 Å². The first-order valence-corrected chi connectivity index (χ1v) is 4.17. The van der Waals surface area contributed by atoms with Crippen LogP contribution in [0.25, 0.3) is 0 Å². The molecule has 0 heterocycles. The second kappa shape index (κ2) is 9.35. The average molecular weight is 242 g/mol. The van der Waals surface area contributed by atoms with Crippen molar-refractivity contribution in [3.05, 3.63) is 12.2 Å². The van der Waals surface area contributed by atoms with E-state index in [2.05, 4.69) is 20.8 Å². The minimum Gasteiger partial charge on any atom is -1.00 e. The zero-order valence-electron chi connectivity index (χ0n) is 10.5. The molecule has 0 aromatic carbocycles. The Hall–Kier alpha value is 0.116. The van der Waals surface area contributed by atoms with Gasteiger partial charge in [-0.1, -0.05) is 6.58 Å². The van der Waals surface area contributed by atoms with Crippen molar-refractivity contribution in [2.75, 3.05) is 6.61 Å². The molecule has 0 fully saturated rings. The molecule has 5 nitrogen and oxygen atoms in total. The Labute approximate surface area is 133 Å². The number of ether oxygens (including phenoxy) is 3. The summed E-state index contributed by atoms with van der Waals surface area (Å²) in [6.07, 6.45) is -1.84. The van der Waals surface area contributed by atoms with Crippen LogP contribution in [0.4, 0.5) is 4.79 Å². The maximum Gasteiger partial charge on any atom is 1.00 e. The van der Waals surface area contributed by atoms with Crippen LogP contribution in [0.3, 0.4) is 0 Å². The van der Waals surface area contributed by atoms with Crippen molar-refractivity contribution in [2.45, 2.75) is 27.1 Å². The predicted octanol–water partition coefficient (Wildman–Crippen LogP) is -1.26. The van der Waals surface area contributed by atoms with Crippen LogP contribution in [0.5, 0.6) is 0 Å². The van der Waals surface area contributed by atoms with E-state index < -0.39 is 18.4 Å². The largest absolute Gasteiger partial charge is 1.00 e. The van der Waals surface area contributed by atoms with Crippen molar-refractivity contribution in [1.82, 2.24) is 0 Å². The quantitative estimate of drug-likeness (QED) is 0.266. The molecular weight excluding hydrogens is 227 g/mol. The summed E-state index contributed by atoms with van der Waals surface area (Å²) in [4.78, 5) is 21.7. The van der Waals surface area contributed by atoms with Crippen molar-refractivity contribution in [2.24, 2.45) is 0 Å². The van der Waals surface area contributed by atoms with Gasteiger partial charge in [-0.3, -0.25) is 0 Å². The van der Waals surface area contributed by atoms with Crippen LogP contribution < -0.4 is 51.4 Å². The third-order valence-electron chi connectivity index (χ3n) is 1.15. The fourth-order valence-electron chi connectivity index (χ4n) is 0.563. The Kier molecular flexibility index (Phi) is 10.9. The van der Waals surface area contributed by atoms with Crippen molar-refractivity contribution in [3.8, 4) is 0 Å². The molecule has 0 aliphatic rings. The minimum atomic E-state index is -0.974. The molecule has 0 spiro atoms. The van der Waals surface area contributed by atoms with Crippen molar-refractivity contribution in [3.63, 3.8) is 0 Å². The number of hydrogen-bond acceptors (Lipinski definition) is 5. The normalized spacial score (nSPS) is 10.6. The standard InChI is InChI=1S/C9H14O5.K.H/c1-5-12-9(11)14-7(4)13-8(10)6(2)3;;/h7H,2,5H2,1,3-4H3;;/q;+1;-1. The van der Waals surface area contributed by atoms with E-state index >= 15 is 0 Å². The van der Waals surface area contributed by atoms with Gasteiger partial charge in [-0.25, -0.2) is 9.59 Å². The molecule has 1 atom stereocenters. The Bertz CT molecular complexity index is 244. The summed E-state index contributed by atoms with van der Waals surface area (Å²) in [5, 5.41) is 0. The zero-order chi connectivity index (χ0) is 11.1. The molecule has 1 unspecified atom stereocenters. The first-order chi connectivity index (χ1) is 6.47. The predicted molar refractivity (Wildman–Crippen MR) is 49.6 cm³/mol. The van der Waals surface area contributed by atoms with Gasteiger partial charge in [0, 0.05) is 12.5 Å². The van der Waals surface area contributed by atoms with Crippen LogP contribution in [0.15, 0.2) is 12.2 Å². The number of carbonyl (C=O) groups excluding carboxylic acids is 2. The molecule has 0 rings (SSSR count). The summed E-state index contributed by atoms with van der Waals surface area (Å²) in [5.41, 5.74) is 0.240. The maximum atomic E-state index is 10.9. The van der Waals surface area contributed by atoms with E-state index in [1.54, 1.807) is 6.92 Å². The molecule has 0 aromatic rings. The van der Waals surface area contributed by atoms with Gasteiger partial charge < -0.3 is 15.6 Å². The molecule has 0 aliphatic carbocycles. The van der Waals surface area contributed by atoms with Gasteiger partial charge >= 0.3 is 63.5 Å². The van der Waals surface area contributed by atoms with E-state index in [-0.39, 0.29) is 65.0 Å². The Balaban J connectivity index is -0.000000845. The molecule has 15 heavy (non-hydrogen) atoms. The molecule has 0 radical (unpaired) electrons. The Morgan fingerprint density at radius 3 is 2.33 bits per heavy atom. The summed E-state index contributed by atoms with van der Waals surface area (Å²) in [6, 6.07) is 0. The summed E-state index contributed by atoms with van der Waals surface area (Å²) in [7, 11) is 0. The van der Waals surface area contributed by atoms with E-state index in [0.29, 0.717) is 0 Å². The number of rotatable bonds is 4. The van der Waals surface area contributed by atoms with E-state index in [0.717, 1.165) is 0 Å². The Morgan fingerprint density at radius 2 is 1.93 bits per heavy atom. The number of carbonyl (C=O) groups is 2. The SMILES string of the molecule is C=C(C)C(=O)OC(C)OC(=O)OCC.[H-].[K+]. The summed E-state index contributed by atoms with van der Waals surface area (Å²) >= 11 is 0. The topological polar surface area (TPSA) is 61.8 Å². The van der Waals surface area contributed by atoms with Crippen LogP contribution in [0.1, 0.15) is 22.2 Å². The fourth-order valence-corrected chi connectivity index (χ4v) is 0.563. The molecule has 82 valence electrons. The van der Waals surface area contributed by atoms with E-state index in [4.69, 9.17) is 0 Å². The summed E-state index contributed by atoms with van der Waals surface area (Å²) in [6.45, 7) is 8.14. The molecule has 0 bridgehead atoms. The van der Waals surface area contributed by atoms with Crippen LogP contribution in [0, 0.1) is 0 Å². The smallest absolute Gasteiger partial charge is 1.00 e. The van der Waals surface area contributed by atoms with Gasteiger partial charge in [-0.2, -0.15) is 0 Å². The molecule has 0 N–H and O–H groups in total. The van der Waals surface area contributed by atoms with Crippen molar-refractivity contribution < 1.29 is 76.6 Å². The first-order valence-electron chi connectivity index (χ1n) is 4.17. The van der Waals surface area contributed by atoms with Crippen LogP contribution in [-0.2, 0) is 19.0 Å². The van der Waals surface area contributed by atoms with Crippen molar-refractivity contribution in [1.29, 1.82) is 0 Å². The Morgan fingerprint density at radius 1 is 1.40 bits per heavy atom. The van der Waals surface area contributed by atoms with Gasteiger partial charge in [-0.05, 0) is 13.8 Å². The summed E-state index contributed by atoms with van der Waals surface area (Å²) < 4.78 is 13.7. The van der Waals surface area contributed by atoms with Gasteiger partial charge in [-0.15, -0.1) is 0 Å². The molecule has 0 saturated carbocycles. The van der Waals surface area contributed by atoms with Gasteiger partial charge in [0.25, 0.3) is 0 Å². The molecule has 0 saturated heterocycles. The van der Waals surface area contributed by atoms with E-state index in [1.807, 2.05) is 0 Å². The van der Waals surface area contributed by atoms with Crippen LogP contribution in [0.2, 0.25) is 0 Å². The van der Waals surface area contributed by atoms with Crippen LogP contribution in [-0.4, -0.2) is 25.0 Å². The molecule has 6 heteroatoms. The second-order valence-corrected chi connectivity index (χ2v) is 2.55. The summed E-state index contributed by atoms with van der Waals surface area (Å²) in [5.74, 6) is -0.609. The van der Waals surface area contributed by atoms with Gasteiger partial charge in [0.15, 0.2) is 0 Å². The monoisotopic (exact) mass is 242 g/mol. The molecule has 0 aromatic heterocycles. The van der Waals surface area contributed by atoms with Crippen LogP contribution >= 0.6 is 0 Å². The second-order valence-electron chi connectivity index (χ2n) is 2.55. The van der Waals surface area contributed by atoms with Crippen molar-refractivity contribution >= 4 is 12.1 Å². The van der Waals surface area contributed by atoms with E-state index in [9.17, 15) is 9.59 Å². The zero-order valence-corrected chi connectivity index (χ0v) is 12.7. The average Bonchev–Trinajstić information content (AvgIpc) is 2.03.